The van der Waals surface area contributed by atoms with Gasteiger partial charge in [-0.25, -0.2) is 4.98 Å². The maximum atomic E-state index is 13.3. The summed E-state index contributed by atoms with van der Waals surface area (Å²) in [5.41, 5.74) is 4.07. The fraction of sp³-hybridized carbons (Fsp3) is 0.381. The summed E-state index contributed by atoms with van der Waals surface area (Å²) in [6.07, 6.45) is 0. The molecule has 1 amide bonds. The normalized spacial score (nSPS) is 14.6. The molecule has 1 saturated heterocycles. The van der Waals surface area contributed by atoms with Crippen LogP contribution in [0.25, 0.3) is 11.1 Å². The highest BCUT2D eigenvalue weighted by Gasteiger charge is 2.22. The summed E-state index contributed by atoms with van der Waals surface area (Å²) in [6.45, 7) is 8.79. The van der Waals surface area contributed by atoms with Gasteiger partial charge in [-0.2, -0.15) is 0 Å². The molecule has 2 aromatic heterocycles. The number of carbonyl (C=O) groups excluding carboxylic acids is 1. The van der Waals surface area contributed by atoms with Crippen LogP contribution in [-0.4, -0.2) is 42.4 Å². The van der Waals surface area contributed by atoms with Crippen molar-refractivity contribution in [1.82, 2.24) is 10.1 Å². The first kappa shape index (κ1) is 19.8. The van der Waals surface area contributed by atoms with Crippen molar-refractivity contribution in [3.05, 3.63) is 45.7 Å². The Morgan fingerprint density at radius 3 is 2.72 bits per heavy atom. The lowest BCUT2D eigenvalue weighted by Crippen LogP contribution is -2.36. The molecule has 1 N–H and O–H groups in total. The number of rotatable bonds is 4. The molecule has 4 rings (SSSR count). The van der Waals surface area contributed by atoms with E-state index in [1.807, 2.05) is 45.0 Å². The van der Waals surface area contributed by atoms with E-state index in [0.717, 1.165) is 34.6 Å². The van der Waals surface area contributed by atoms with Crippen LogP contribution in [0.15, 0.2) is 33.3 Å². The van der Waals surface area contributed by atoms with E-state index < -0.39 is 0 Å². The van der Waals surface area contributed by atoms with E-state index in [2.05, 4.69) is 36.3 Å². The van der Waals surface area contributed by atoms with Gasteiger partial charge in [-0.15, -0.1) is 0 Å². The van der Waals surface area contributed by atoms with Gasteiger partial charge in [-0.3, -0.25) is 4.79 Å². The highest BCUT2D eigenvalue weighted by Crippen LogP contribution is 2.32. The molecule has 0 spiro atoms. The number of hydrogen-bond donors (Lipinski definition) is 1. The maximum absolute atomic E-state index is 13.3. The zero-order valence-corrected chi connectivity index (χ0v) is 18.2. The van der Waals surface area contributed by atoms with E-state index >= 15 is 0 Å². The lowest BCUT2D eigenvalue weighted by atomic mass is 10.0. The molecule has 3 aromatic rings. The number of pyridine rings is 1. The van der Waals surface area contributed by atoms with Crippen LogP contribution in [0.4, 0.5) is 11.4 Å². The van der Waals surface area contributed by atoms with Crippen molar-refractivity contribution in [2.75, 3.05) is 36.5 Å². The molecule has 0 bridgehead atoms. The van der Waals surface area contributed by atoms with Gasteiger partial charge in [-0.1, -0.05) is 34.9 Å². The number of halogens is 1. The zero-order chi connectivity index (χ0) is 20.5. The third kappa shape index (κ3) is 4.00. The molecule has 152 valence electrons. The third-order valence-corrected chi connectivity index (χ3v) is 5.52. The van der Waals surface area contributed by atoms with Gasteiger partial charge in [0, 0.05) is 23.3 Å². The SMILES string of the molecule is Cc1noc2nc(C(C)C)cc(C(=O)Nc3cc(Br)ccc3N3CCOCC3)c12. The summed E-state index contributed by atoms with van der Waals surface area (Å²) in [7, 11) is 0. The second-order valence-electron chi connectivity index (χ2n) is 7.41. The van der Waals surface area contributed by atoms with Gasteiger partial charge >= 0.3 is 0 Å². The van der Waals surface area contributed by atoms with Gasteiger partial charge < -0.3 is 19.5 Å². The van der Waals surface area contributed by atoms with Crippen LogP contribution in [0.3, 0.4) is 0 Å². The summed E-state index contributed by atoms with van der Waals surface area (Å²) in [5.74, 6) is -0.0515. The molecule has 1 aromatic carbocycles. The summed E-state index contributed by atoms with van der Waals surface area (Å²) >= 11 is 3.51. The minimum atomic E-state index is -0.210. The number of fused-ring (bicyclic) bond motifs is 1. The number of morpholine rings is 1. The lowest BCUT2D eigenvalue weighted by molar-refractivity contribution is 0.102. The number of nitrogens with one attached hydrogen (secondary N) is 1. The molecule has 0 unspecified atom stereocenters. The monoisotopic (exact) mass is 458 g/mol. The Morgan fingerprint density at radius 2 is 2.00 bits per heavy atom. The highest BCUT2D eigenvalue weighted by molar-refractivity contribution is 9.10. The number of nitrogens with zero attached hydrogens (tertiary/aromatic N) is 3. The maximum Gasteiger partial charge on any atom is 0.259 e. The van der Waals surface area contributed by atoms with E-state index in [1.165, 1.54) is 0 Å². The zero-order valence-electron chi connectivity index (χ0n) is 16.7. The average Bonchev–Trinajstić information content (AvgIpc) is 3.09. The van der Waals surface area contributed by atoms with E-state index in [4.69, 9.17) is 9.26 Å². The van der Waals surface area contributed by atoms with Gasteiger partial charge in [0.05, 0.1) is 41.2 Å². The van der Waals surface area contributed by atoms with E-state index in [0.29, 0.717) is 35.6 Å². The molecule has 0 radical (unpaired) electrons. The number of ether oxygens (including phenoxy) is 1. The van der Waals surface area contributed by atoms with Gasteiger partial charge in [0.2, 0.25) is 0 Å². The number of benzene rings is 1. The highest BCUT2D eigenvalue weighted by atomic mass is 79.9. The average molecular weight is 459 g/mol. The molecule has 0 saturated carbocycles. The second-order valence-corrected chi connectivity index (χ2v) is 8.33. The van der Waals surface area contributed by atoms with Crippen molar-refractivity contribution >= 4 is 44.3 Å². The molecule has 8 heteroatoms. The van der Waals surface area contributed by atoms with Crippen LogP contribution in [0, 0.1) is 6.92 Å². The molecule has 0 aliphatic carbocycles. The molecule has 1 aliphatic heterocycles. The van der Waals surface area contributed by atoms with Gasteiger partial charge in [0.15, 0.2) is 0 Å². The van der Waals surface area contributed by atoms with Gasteiger partial charge in [0.25, 0.3) is 11.6 Å². The van der Waals surface area contributed by atoms with Crippen LogP contribution in [0.2, 0.25) is 0 Å². The van der Waals surface area contributed by atoms with Crippen molar-refractivity contribution in [2.24, 2.45) is 0 Å². The number of hydrogen-bond acceptors (Lipinski definition) is 6. The smallest absolute Gasteiger partial charge is 0.259 e. The van der Waals surface area contributed by atoms with Crippen molar-refractivity contribution in [2.45, 2.75) is 26.7 Å². The minimum absolute atomic E-state index is 0.158. The summed E-state index contributed by atoms with van der Waals surface area (Å²) < 4.78 is 11.7. The van der Waals surface area contributed by atoms with Crippen LogP contribution < -0.4 is 10.2 Å². The summed E-state index contributed by atoms with van der Waals surface area (Å²) in [4.78, 5) is 20.1. The quantitative estimate of drug-likeness (QED) is 0.619. The van der Waals surface area contributed by atoms with Crippen LogP contribution >= 0.6 is 15.9 Å². The minimum Gasteiger partial charge on any atom is -0.378 e. The molecular weight excluding hydrogens is 436 g/mol. The number of anilines is 2. The summed E-state index contributed by atoms with van der Waals surface area (Å²) in [6, 6.07) is 7.74. The predicted molar refractivity (Wildman–Crippen MR) is 116 cm³/mol. The Bertz CT molecular complexity index is 1060. The van der Waals surface area contributed by atoms with Crippen molar-refractivity contribution in [3.8, 4) is 0 Å². The van der Waals surface area contributed by atoms with Gasteiger partial charge in [-0.05, 0) is 37.1 Å². The number of amides is 1. The van der Waals surface area contributed by atoms with Crippen molar-refractivity contribution < 1.29 is 14.1 Å². The van der Waals surface area contributed by atoms with Crippen LogP contribution in [0.1, 0.15) is 41.5 Å². The molecular formula is C21H23BrN4O3. The fourth-order valence-corrected chi connectivity index (χ4v) is 3.83. The molecule has 0 atom stereocenters. The Morgan fingerprint density at radius 1 is 1.24 bits per heavy atom. The Labute approximate surface area is 177 Å². The van der Waals surface area contributed by atoms with E-state index in [1.54, 1.807) is 0 Å². The fourth-order valence-electron chi connectivity index (χ4n) is 3.47. The molecule has 1 fully saturated rings. The Hall–Kier alpha value is -2.45. The molecule has 3 heterocycles. The Balaban J connectivity index is 1.73. The topological polar surface area (TPSA) is 80.5 Å². The van der Waals surface area contributed by atoms with Crippen molar-refractivity contribution in [3.63, 3.8) is 0 Å². The standard InChI is InChI=1S/C21H23BrN4O3/c1-12(2)16-11-15(19-13(3)25-29-21(19)24-16)20(27)23-17-10-14(22)4-5-18(17)26-6-8-28-9-7-26/h4-5,10-12H,6-9H2,1-3H3,(H,23,27). The first-order valence-electron chi connectivity index (χ1n) is 9.64. The number of aromatic nitrogens is 2. The van der Waals surface area contributed by atoms with E-state index in [9.17, 15) is 4.79 Å². The summed E-state index contributed by atoms with van der Waals surface area (Å²) in [5, 5.41) is 7.74. The predicted octanol–water partition coefficient (Wildman–Crippen LogP) is 4.51. The second kappa shape index (κ2) is 8.12. The third-order valence-electron chi connectivity index (χ3n) is 5.03. The molecule has 7 nitrogen and oxygen atoms in total. The molecule has 29 heavy (non-hydrogen) atoms. The lowest BCUT2D eigenvalue weighted by Gasteiger charge is -2.30. The number of carbonyl (C=O) groups is 1. The van der Waals surface area contributed by atoms with Crippen molar-refractivity contribution in [1.29, 1.82) is 0 Å². The van der Waals surface area contributed by atoms with E-state index in [-0.39, 0.29) is 11.8 Å². The largest absolute Gasteiger partial charge is 0.378 e. The first-order valence-corrected chi connectivity index (χ1v) is 10.4. The number of aryl methyl sites for hydroxylation is 1. The van der Waals surface area contributed by atoms with Gasteiger partial charge in [0.1, 0.15) is 0 Å². The first-order chi connectivity index (χ1) is 13.9. The van der Waals surface area contributed by atoms with Crippen LogP contribution in [-0.2, 0) is 4.74 Å². The Kier molecular flexibility index (Phi) is 5.56. The molecule has 1 aliphatic rings. The van der Waals surface area contributed by atoms with Crippen LogP contribution in [0.5, 0.6) is 0 Å².